The fourth-order valence-electron chi connectivity index (χ4n) is 4.32. The van der Waals surface area contributed by atoms with E-state index in [1.54, 1.807) is 59.5 Å². The van der Waals surface area contributed by atoms with Crippen LogP contribution in [0.5, 0.6) is 0 Å². The molecule has 4 rings (SSSR count). The first kappa shape index (κ1) is 30.1. The normalized spacial score (nSPS) is 15.1. The summed E-state index contributed by atoms with van der Waals surface area (Å²) in [4.78, 5) is 14.7. The maximum absolute atomic E-state index is 13.2. The largest absolute Gasteiger partial charge is 0.393 e. The van der Waals surface area contributed by atoms with E-state index >= 15 is 0 Å². The van der Waals surface area contributed by atoms with Gasteiger partial charge in [-0.1, -0.05) is 41.9 Å². The van der Waals surface area contributed by atoms with Gasteiger partial charge < -0.3 is 20.4 Å². The van der Waals surface area contributed by atoms with E-state index in [0.29, 0.717) is 56.0 Å². The van der Waals surface area contributed by atoms with Gasteiger partial charge in [-0.05, 0) is 79.4 Å². The van der Waals surface area contributed by atoms with Crippen LogP contribution in [0.15, 0.2) is 82.6 Å². The number of amides is 1. The molecule has 1 saturated heterocycles. The zero-order valence-corrected chi connectivity index (χ0v) is 23.2. The van der Waals surface area contributed by atoms with Gasteiger partial charge in [-0.15, -0.1) is 12.4 Å². The fraction of sp³-hybridized carbons (Fsp3) is 0.321. The van der Waals surface area contributed by atoms with Crippen LogP contribution in [0.4, 0.5) is 0 Å². The zero-order chi connectivity index (χ0) is 26.4. The van der Waals surface area contributed by atoms with Crippen LogP contribution in [-0.2, 0) is 16.3 Å². The van der Waals surface area contributed by atoms with Crippen LogP contribution in [0.3, 0.4) is 0 Å². The highest BCUT2D eigenvalue weighted by molar-refractivity contribution is 7.91. The Morgan fingerprint density at radius 2 is 1.68 bits per heavy atom. The molecule has 0 spiro atoms. The van der Waals surface area contributed by atoms with E-state index in [2.05, 4.69) is 5.32 Å². The van der Waals surface area contributed by atoms with Gasteiger partial charge in [0, 0.05) is 30.2 Å². The first-order chi connectivity index (χ1) is 17.7. The molecule has 0 bridgehead atoms. The summed E-state index contributed by atoms with van der Waals surface area (Å²) in [5.41, 5.74) is 2.02. The molecular weight excluding hydrogens is 547 g/mol. The highest BCUT2D eigenvalue weighted by atomic mass is 35.5. The van der Waals surface area contributed by atoms with Crippen LogP contribution in [0.1, 0.15) is 40.4 Å². The third kappa shape index (κ3) is 7.56. The van der Waals surface area contributed by atoms with E-state index in [0.717, 1.165) is 11.1 Å². The van der Waals surface area contributed by atoms with E-state index in [1.807, 2.05) is 6.07 Å². The van der Waals surface area contributed by atoms with Crippen LogP contribution >= 0.6 is 24.0 Å². The second kappa shape index (κ2) is 13.6. The number of carbonyl (C=O) groups is 1. The molecule has 0 aliphatic carbocycles. The minimum absolute atomic E-state index is 0. The Kier molecular flexibility index (Phi) is 10.7. The molecule has 0 saturated carbocycles. The molecule has 7 nitrogen and oxygen atoms in total. The predicted molar refractivity (Wildman–Crippen MR) is 150 cm³/mol. The first-order valence-corrected chi connectivity index (χ1v) is 14.2. The van der Waals surface area contributed by atoms with Crippen LogP contribution in [-0.4, -0.2) is 61.7 Å². The van der Waals surface area contributed by atoms with Crippen LogP contribution in [0, 0.1) is 0 Å². The minimum Gasteiger partial charge on any atom is -0.393 e. The number of sulfone groups is 1. The maximum Gasteiger partial charge on any atom is 0.253 e. The second-order valence-electron chi connectivity index (χ2n) is 9.22. The molecule has 3 aromatic carbocycles. The number of nitrogens with zero attached hydrogens (tertiary/aromatic N) is 1. The molecule has 1 aliphatic heterocycles. The number of aliphatic hydroxyl groups is 2. The lowest BCUT2D eigenvalue weighted by atomic mass is 10.1. The quantitative estimate of drug-likeness (QED) is 0.330. The lowest BCUT2D eigenvalue weighted by Crippen LogP contribution is -2.40. The number of likely N-dealkylation sites (tertiary alicyclic amines) is 1. The maximum atomic E-state index is 13.2. The van der Waals surface area contributed by atoms with Crippen LogP contribution in [0.2, 0.25) is 5.02 Å². The Morgan fingerprint density at radius 1 is 1.00 bits per heavy atom. The van der Waals surface area contributed by atoms with Gasteiger partial charge in [0.1, 0.15) is 0 Å². The number of hydrogen-bond donors (Lipinski definition) is 3. The van der Waals surface area contributed by atoms with Crippen molar-refractivity contribution in [3.05, 3.63) is 94.5 Å². The van der Waals surface area contributed by atoms with E-state index in [4.69, 9.17) is 11.6 Å². The summed E-state index contributed by atoms with van der Waals surface area (Å²) in [6.45, 7) is 1.89. The molecule has 1 amide bonds. The van der Waals surface area contributed by atoms with Crippen molar-refractivity contribution in [2.75, 3.05) is 26.2 Å². The number of nitrogens with one attached hydrogen (secondary N) is 1. The van der Waals surface area contributed by atoms with Crippen molar-refractivity contribution in [2.45, 2.75) is 41.3 Å². The Hall–Kier alpha value is -2.46. The van der Waals surface area contributed by atoms with E-state index in [9.17, 15) is 23.4 Å². The van der Waals surface area contributed by atoms with Crippen molar-refractivity contribution in [3.63, 3.8) is 0 Å². The van der Waals surface area contributed by atoms with Gasteiger partial charge in [-0.3, -0.25) is 4.79 Å². The molecule has 0 unspecified atom stereocenters. The average molecular weight is 580 g/mol. The van der Waals surface area contributed by atoms with Crippen molar-refractivity contribution in [1.29, 1.82) is 0 Å². The number of benzene rings is 3. The smallest absolute Gasteiger partial charge is 0.253 e. The molecule has 204 valence electrons. The summed E-state index contributed by atoms with van der Waals surface area (Å²) < 4.78 is 26.5. The molecule has 3 N–H and O–H groups in total. The van der Waals surface area contributed by atoms with Gasteiger partial charge in [0.05, 0.1) is 22.0 Å². The topological polar surface area (TPSA) is 107 Å². The zero-order valence-electron chi connectivity index (χ0n) is 20.8. The highest BCUT2D eigenvalue weighted by Crippen LogP contribution is 2.24. The molecule has 1 heterocycles. The van der Waals surface area contributed by atoms with Crippen molar-refractivity contribution < 1.29 is 23.4 Å². The first-order valence-electron chi connectivity index (χ1n) is 12.3. The standard InChI is InChI=1S/C28H31ClN2O5S.ClH/c29-23-5-1-3-21(17-23)27(33)19-30-14-11-20-7-9-25(10-8-20)37(35,36)26-6-2-4-22(18-26)28(34)31-15-12-24(32)13-16-31;/h1-10,17-18,24,27,30,32-33H,11-16,19H2;1H/t27-;/m0./s1. The van der Waals surface area contributed by atoms with Gasteiger partial charge in [-0.25, -0.2) is 8.42 Å². The average Bonchev–Trinajstić information content (AvgIpc) is 2.91. The SMILES string of the molecule is Cl.O=C(c1cccc(S(=O)(=O)c2ccc(CCNC[C@H](O)c3cccc(Cl)c3)cc2)c1)N1CCC(O)CC1. The fourth-order valence-corrected chi connectivity index (χ4v) is 5.83. The lowest BCUT2D eigenvalue weighted by molar-refractivity contribution is 0.0546. The van der Waals surface area contributed by atoms with Crippen LogP contribution in [0.25, 0.3) is 0 Å². The van der Waals surface area contributed by atoms with E-state index in [-0.39, 0.29) is 28.1 Å². The van der Waals surface area contributed by atoms with Gasteiger partial charge >= 0.3 is 0 Å². The Morgan fingerprint density at radius 3 is 2.37 bits per heavy atom. The third-order valence-electron chi connectivity index (χ3n) is 6.54. The summed E-state index contributed by atoms with van der Waals surface area (Å²) in [5, 5.41) is 23.8. The Balaban J connectivity index is 0.00000400. The molecule has 1 fully saturated rings. The molecule has 3 aromatic rings. The predicted octanol–water partition coefficient (Wildman–Crippen LogP) is 4.06. The molecule has 0 aromatic heterocycles. The number of hydrogen-bond acceptors (Lipinski definition) is 6. The van der Waals surface area contributed by atoms with Crippen molar-refractivity contribution in [1.82, 2.24) is 10.2 Å². The van der Waals surface area contributed by atoms with Gasteiger partial charge in [0.15, 0.2) is 0 Å². The lowest BCUT2D eigenvalue weighted by Gasteiger charge is -2.29. The summed E-state index contributed by atoms with van der Waals surface area (Å²) in [6.07, 6.45) is 0.643. The number of carbonyl (C=O) groups excluding carboxylic acids is 1. The monoisotopic (exact) mass is 578 g/mol. The van der Waals surface area contributed by atoms with Gasteiger partial charge in [0.2, 0.25) is 9.84 Å². The highest BCUT2D eigenvalue weighted by Gasteiger charge is 2.24. The summed E-state index contributed by atoms with van der Waals surface area (Å²) in [5.74, 6) is -0.229. The molecule has 1 atom stereocenters. The Bertz CT molecular complexity index is 1330. The van der Waals surface area contributed by atoms with Crippen LogP contribution < -0.4 is 5.32 Å². The third-order valence-corrected chi connectivity index (χ3v) is 8.54. The van der Waals surface area contributed by atoms with Crippen molar-refractivity contribution in [2.24, 2.45) is 0 Å². The summed E-state index contributed by atoms with van der Waals surface area (Å²) in [6, 6.07) is 19.9. The number of piperidine rings is 1. The van der Waals surface area contributed by atoms with Crippen molar-refractivity contribution in [3.8, 4) is 0 Å². The summed E-state index contributed by atoms with van der Waals surface area (Å²) >= 11 is 5.97. The molecular formula is C28H32Cl2N2O5S. The molecule has 38 heavy (non-hydrogen) atoms. The minimum atomic E-state index is -3.79. The number of aliphatic hydroxyl groups excluding tert-OH is 2. The summed E-state index contributed by atoms with van der Waals surface area (Å²) in [7, 11) is -3.79. The van der Waals surface area contributed by atoms with E-state index in [1.165, 1.54) is 12.1 Å². The Labute approximate surface area is 234 Å². The van der Waals surface area contributed by atoms with Gasteiger partial charge in [0.25, 0.3) is 5.91 Å². The van der Waals surface area contributed by atoms with Crippen molar-refractivity contribution >= 4 is 39.8 Å². The molecule has 1 aliphatic rings. The molecule has 0 radical (unpaired) electrons. The molecule has 10 heteroatoms. The van der Waals surface area contributed by atoms with E-state index < -0.39 is 22.0 Å². The number of rotatable bonds is 9. The number of halogens is 2. The second-order valence-corrected chi connectivity index (χ2v) is 11.6. The van der Waals surface area contributed by atoms with Gasteiger partial charge in [-0.2, -0.15) is 0 Å².